The molecule has 0 heterocycles. The van der Waals surface area contributed by atoms with E-state index in [-0.39, 0.29) is 16.0 Å². The van der Waals surface area contributed by atoms with Crippen LogP contribution in [0.1, 0.15) is 20.7 Å². The van der Waals surface area contributed by atoms with Gasteiger partial charge in [0.2, 0.25) is 0 Å². The Kier molecular flexibility index (Phi) is 3.76. The fraction of sp³-hybridized carbons (Fsp3) is 0.273. The molecule has 0 spiro atoms. The smallest absolute Gasteiger partial charge is 0.335 e. The summed E-state index contributed by atoms with van der Waals surface area (Å²) in [5.41, 5.74) is -0.205. The summed E-state index contributed by atoms with van der Waals surface area (Å²) >= 11 is 0. The number of hydrogen-bond acceptors (Lipinski definition) is 4. The molecule has 0 aliphatic heterocycles. The number of aromatic carboxylic acids is 1. The zero-order chi connectivity index (χ0) is 14.1. The van der Waals surface area contributed by atoms with Crippen molar-refractivity contribution < 1.29 is 23.1 Å². The van der Waals surface area contributed by atoms with Gasteiger partial charge in [-0.05, 0) is 18.2 Å². The molecule has 0 radical (unpaired) electrons. The molecule has 7 heteroatoms. The molecule has 0 aliphatic rings. The summed E-state index contributed by atoms with van der Waals surface area (Å²) in [6, 6.07) is 3.35. The fourth-order valence-electron chi connectivity index (χ4n) is 1.32. The Bertz CT molecular complexity index is 604. The zero-order valence-corrected chi connectivity index (χ0v) is 11.0. The number of rotatable bonds is 3. The molecule has 1 amide bonds. The molecule has 0 unspecified atom stereocenters. The number of hydrogen-bond donors (Lipinski definition) is 1. The molecule has 0 saturated heterocycles. The van der Waals surface area contributed by atoms with Crippen molar-refractivity contribution in [1.82, 2.24) is 4.90 Å². The van der Waals surface area contributed by atoms with Crippen LogP contribution in [0, 0.1) is 0 Å². The predicted molar refractivity (Wildman–Crippen MR) is 64.5 cm³/mol. The molecule has 18 heavy (non-hydrogen) atoms. The summed E-state index contributed by atoms with van der Waals surface area (Å²) in [4.78, 5) is 23.7. The quantitative estimate of drug-likeness (QED) is 0.863. The first kappa shape index (κ1) is 14.2. The molecular weight excluding hydrogens is 258 g/mol. The van der Waals surface area contributed by atoms with Gasteiger partial charge in [-0.15, -0.1) is 0 Å². The van der Waals surface area contributed by atoms with E-state index in [4.69, 9.17) is 5.11 Å². The second kappa shape index (κ2) is 4.77. The van der Waals surface area contributed by atoms with Crippen LogP contribution in [0.15, 0.2) is 23.1 Å². The number of amides is 1. The van der Waals surface area contributed by atoms with E-state index in [9.17, 15) is 18.0 Å². The number of carbonyl (C=O) groups is 2. The first-order valence-electron chi connectivity index (χ1n) is 4.93. The molecule has 1 aromatic carbocycles. The normalized spacial score (nSPS) is 11.1. The molecule has 0 saturated carbocycles. The van der Waals surface area contributed by atoms with Gasteiger partial charge >= 0.3 is 5.97 Å². The maximum absolute atomic E-state index is 11.7. The van der Waals surface area contributed by atoms with Crippen LogP contribution in [0.25, 0.3) is 0 Å². The minimum absolute atomic E-state index is 0.0281. The number of benzene rings is 1. The van der Waals surface area contributed by atoms with E-state index < -0.39 is 21.7 Å². The average Bonchev–Trinajstić information content (AvgIpc) is 2.26. The van der Waals surface area contributed by atoms with Crippen LogP contribution in [-0.4, -0.2) is 50.7 Å². The third kappa shape index (κ3) is 3.07. The molecule has 6 nitrogen and oxygen atoms in total. The monoisotopic (exact) mass is 271 g/mol. The molecule has 0 fully saturated rings. The second-order valence-corrected chi connectivity index (χ2v) is 6.04. The van der Waals surface area contributed by atoms with E-state index >= 15 is 0 Å². The van der Waals surface area contributed by atoms with Crippen molar-refractivity contribution >= 4 is 21.7 Å². The van der Waals surface area contributed by atoms with Crippen molar-refractivity contribution in [2.75, 3.05) is 20.4 Å². The van der Waals surface area contributed by atoms with Crippen LogP contribution in [0.5, 0.6) is 0 Å². The summed E-state index contributed by atoms with van der Waals surface area (Å²) in [6.07, 6.45) is 0.956. The first-order valence-corrected chi connectivity index (χ1v) is 6.82. The third-order valence-electron chi connectivity index (χ3n) is 2.23. The van der Waals surface area contributed by atoms with E-state index in [0.29, 0.717) is 0 Å². The van der Waals surface area contributed by atoms with Crippen LogP contribution in [-0.2, 0) is 9.84 Å². The van der Waals surface area contributed by atoms with E-state index in [0.717, 1.165) is 18.4 Å². The standard InChI is InChI=1S/C11H13NO5S/c1-12(2)10(13)7-4-8(11(14)15)6-9(5-7)18(3,16)17/h4-6H,1-3H3,(H,14,15). The van der Waals surface area contributed by atoms with Crippen molar-refractivity contribution in [3.8, 4) is 0 Å². The highest BCUT2D eigenvalue weighted by Gasteiger charge is 2.17. The number of nitrogens with zero attached hydrogens (tertiary/aromatic N) is 1. The van der Waals surface area contributed by atoms with E-state index in [1.165, 1.54) is 25.1 Å². The maximum atomic E-state index is 11.7. The van der Waals surface area contributed by atoms with Crippen LogP contribution in [0.4, 0.5) is 0 Å². The highest BCUT2D eigenvalue weighted by molar-refractivity contribution is 7.90. The van der Waals surface area contributed by atoms with Crippen molar-refractivity contribution in [2.24, 2.45) is 0 Å². The highest BCUT2D eigenvalue weighted by atomic mass is 32.2. The third-order valence-corrected chi connectivity index (χ3v) is 3.33. The number of carboxylic acid groups (broad SMARTS) is 1. The van der Waals surface area contributed by atoms with Gasteiger partial charge in [-0.25, -0.2) is 13.2 Å². The molecule has 0 aliphatic carbocycles. The highest BCUT2D eigenvalue weighted by Crippen LogP contribution is 2.16. The lowest BCUT2D eigenvalue weighted by molar-refractivity contribution is 0.0696. The largest absolute Gasteiger partial charge is 0.478 e. The Balaban J connectivity index is 3.50. The fourth-order valence-corrected chi connectivity index (χ4v) is 2.00. The Morgan fingerprint density at radius 1 is 1.11 bits per heavy atom. The van der Waals surface area contributed by atoms with E-state index in [1.807, 2.05) is 0 Å². The average molecular weight is 271 g/mol. The lowest BCUT2D eigenvalue weighted by Gasteiger charge is -2.11. The number of carboxylic acids is 1. The first-order chi connectivity index (χ1) is 8.12. The number of sulfone groups is 1. The molecular formula is C11H13NO5S. The van der Waals surface area contributed by atoms with E-state index in [2.05, 4.69) is 0 Å². The Hall–Kier alpha value is -1.89. The molecule has 0 bridgehead atoms. The Morgan fingerprint density at radius 2 is 1.61 bits per heavy atom. The molecule has 0 aromatic heterocycles. The molecule has 1 rings (SSSR count). The van der Waals surface area contributed by atoms with E-state index in [1.54, 1.807) is 0 Å². The minimum Gasteiger partial charge on any atom is -0.478 e. The summed E-state index contributed by atoms with van der Waals surface area (Å²) in [5, 5.41) is 8.90. The maximum Gasteiger partial charge on any atom is 0.335 e. The summed E-state index contributed by atoms with van der Waals surface area (Å²) in [5.74, 6) is -1.74. The van der Waals surface area contributed by atoms with Gasteiger partial charge in [0, 0.05) is 25.9 Å². The van der Waals surface area contributed by atoms with Crippen LogP contribution in [0.3, 0.4) is 0 Å². The summed E-state index contributed by atoms with van der Waals surface area (Å²) < 4.78 is 22.9. The lowest BCUT2D eigenvalue weighted by atomic mass is 10.1. The van der Waals surface area contributed by atoms with Gasteiger partial charge in [-0.1, -0.05) is 0 Å². The molecule has 1 aromatic rings. The summed E-state index contributed by atoms with van der Waals surface area (Å²) in [6.45, 7) is 0. The molecule has 0 atom stereocenters. The van der Waals surface area contributed by atoms with Crippen molar-refractivity contribution in [1.29, 1.82) is 0 Å². The van der Waals surface area contributed by atoms with Gasteiger partial charge in [0.25, 0.3) is 5.91 Å². The second-order valence-electron chi connectivity index (χ2n) is 4.02. The van der Waals surface area contributed by atoms with Crippen molar-refractivity contribution in [2.45, 2.75) is 4.90 Å². The van der Waals surface area contributed by atoms with Gasteiger partial charge in [0.1, 0.15) is 0 Å². The topological polar surface area (TPSA) is 91.8 Å². The Labute approximate surface area is 105 Å². The van der Waals surface area contributed by atoms with Gasteiger partial charge in [0.05, 0.1) is 10.5 Å². The number of carbonyl (C=O) groups excluding carboxylic acids is 1. The lowest BCUT2D eigenvalue weighted by Crippen LogP contribution is -2.22. The van der Waals surface area contributed by atoms with Crippen molar-refractivity contribution in [3.63, 3.8) is 0 Å². The van der Waals surface area contributed by atoms with Gasteiger partial charge < -0.3 is 10.0 Å². The van der Waals surface area contributed by atoms with Gasteiger partial charge in [0.15, 0.2) is 9.84 Å². The van der Waals surface area contributed by atoms with Gasteiger partial charge in [-0.3, -0.25) is 4.79 Å². The van der Waals surface area contributed by atoms with Crippen LogP contribution >= 0.6 is 0 Å². The predicted octanol–water partition coefficient (Wildman–Crippen LogP) is 0.490. The summed E-state index contributed by atoms with van der Waals surface area (Å²) in [7, 11) is -0.583. The Morgan fingerprint density at radius 3 is 2.00 bits per heavy atom. The van der Waals surface area contributed by atoms with Crippen LogP contribution < -0.4 is 0 Å². The molecule has 98 valence electrons. The molecule has 1 N–H and O–H groups in total. The van der Waals surface area contributed by atoms with Gasteiger partial charge in [-0.2, -0.15) is 0 Å². The SMILES string of the molecule is CN(C)C(=O)c1cc(C(=O)O)cc(S(C)(=O)=O)c1. The minimum atomic E-state index is -3.57. The van der Waals surface area contributed by atoms with Crippen LogP contribution in [0.2, 0.25) is 0 Å². The zero-order valence-electron chi connectivity index (χ0n) is 10.2. The van der Waals surface area contributed by atoms with Crippen molar-refractivity contribution in [3.05, 3.63) is 29.3 Å².